The van der Waals surface area contributed by atoms with Crippen LogP contribution in [-0.2, 0) is 20.6 Å². The number of hydrogen-bond donors (Lipinski definition) is 1. The summed E-state index contributed by atoms with van der Waals surface area (Å²) in [5.41, 5.74) is 4.77. The van der Waals surface area contributed by atoms with E-state index < -0.39 is 0 Å². The van der Waals surface area contributed by atoms with Crippen LogP contribution in [0.3, 0.4) is 0 Å². The molecule has 0 saturated heterocycles. The number of nitrogens with one attached hydrogen (secondary N) is 1. The molecular weight excluding hydrogens is 226 g/mol. The van der Waals surface area contributed by atoms with Crippen LogP contribution in [-0.4, -0.2) is 9.13 Å². The van der Waals surface area contributed by atoms with Gasteiger partial charge in [-0.05, 0) is 31.5 Å². The summed E-state index contributed by atoms with van der Waals surface area (Å²) in [6.07, 6.45) is 1.81. The highest BCUT2D eigenvalue weighted by Gasteiger charge is 2.05. The number of aromatic nitrogens is 2. The molecule has 1 N–H and O–H groups in total. The van der Waals surface area contributed by atoms with Crippen LogP contribution in [0.25, 0.3) is 0 Å². The normalized spacial score (nSPS) is 10.7. The van der Waals surface area contributed by atoms with E-state index in [9.17, 15) is 4.79 Å². The Morgan fingerprint density at radius 3 is 2.50 bits per heavy atom. The maximum Gasteiger partial charge on any atom is 0.250 e. The molecule has 0 unspecified atom stereocenters. The van der Waals surface area contributed by atoms with Gasteiger partial charge in [0.25, 0.3) is 0 Å². The van der Waals surface area contributed by atoms with Gasteiger partial charge in [-0.1, -0.05) is 0 Å². The van der Waals surface area contributed by atoms with Crippen LogP contribution < -0.4 is 10.9 Å². The second-order valence-corrected chi connectivity index (χ2v) is 4.68. The maximum absolute atomic E-state index is 11.3. The predicted molar refractivity (Wildman–Crippen MR) is 73.9 cm³/mol. The van der Waals surface area contributed by atoms with E-state index in [2.05, 4.69) is 36.8 Å². The highest BCUT2D eigenvalue weighted by Crippen LogP contribution is 2.15. The topological polar surface area (TPSA) is 39.0 Å². The molecule has 0 aliphatic heterocycles. The largest absolute Gasteiger partial charge is 0.380 e. The maximum atomic E-state index is 11.3. The average Bonchev–Trinajstić information content (AvgIpc) is 2.58. The van der Waals surface area contributed by atoms with Gasteiger partial charge in [0, 0.05) is 44.3 Å². The van der Waals surface area contributed by atoms with E-state index in [1.165, 1.54) is 17.0 Å². The molecule has 18 heavy (non-hydrogen) atoms. The Hall–Kier alpha value is -1.97. The van der Waals surface area contributed by atoms with E-state index >= 15 is 0 Å². The van der Waals surface area contributed by atoms with Crippen molar-refractivity contribution in [3.63, 3.8) is 0 Å². The van der Waals surface area contributed by atoms with Gasteiger partial charge in [-0.25, -0.2) is 0 Å². The van der Waals surface area contributed by atoms with Gasteiger partial charge in [0.05, 0.1) is 5.69 Å². The van der Waals surface area contributed by atoms with Crippen LogP contribution in [0.5, 0.6) is 0 Å². The zero-order chi connectivity index (χ0) is 13.3. The lowest BCUT2D eigenvalue weighted by atomic mass is 10.2. The molecule has 0 bridgehead atoms. The molecule has 0 saturated carbocycles. The van der Waals surface area contributed by atoms with E-state index in [1.807, 2.05) is 12.3 Å². The lowest BCUT2D eigenvalue weighted by molar-refractivity contribution is 0.835. The third-order valence-corrected chi connectivity index (χ3v) is 3.45. The van der Waals surface area contributed by atoms with Gasteiger partial charge in [0.1, 0.15) is 0 Å². The standard InChI is InChI=1S/C14H19N3O/c1-10-7-12(11(2)17(10)4)8-15-13-5-6-14(18)16(3)9-13/h5-7,9,15H,8H2,1-4H3. The minimum atomic E-state index is 0.00675. The molecule has 0 aliphatic rings. The summed E-state index contributed by atoms with van der Waals surface area (Å²) in [4.78, 5) is 11.3. The van der Waals surface area contributed by atoms with Crippen LogP contribution in [0.2, 0.25) is 0 Å². The first-order valence-corrected chi connectivity index (χ1v) is 6.01. The van der Waals surface area contributed by atoms with E-state index in [4.69, 9.17) is 0 Å². The minimum Gasteiger partial charge on any atom is -0.380 e. The van der Waals surface area contributed by atoms with Gasteiger partial charge < -0.3 is 14.5 Å². The first kappa shape index (κ1) is 12.5. The molecular formula is C14H19N3O. The number of aryl methyl sites for hydroxylation is 2. The first-order chi connectivity index (χ1) is 8.49. The molecule has 0 atom stereocenters. The van der Waals surface area contributed by atoms with Gasteiger partial charge in [0.2, 0.25) is 5.56 Å². The van der Waals surface area contributed by atoms with Crippen LogP contribution in [0.15, 0.2) is 29.2 Å². The molecule has 2 heterocycles. The molecule has 0 aromatic carbocycles. The second kappa shape index (κ2) is 4.72. The number of rotatable bonds is 3. The van der Waals surface area contributed by atoms with Crippen LogP contribution in [0.4, 0.5) is 5.69 Å². The van der Waals surface area contributed by atoms with E-state index in [0.29, 0.717) is 0 Å². The summed E-state index contributed by atoms with van der Waals surface area (Å²) >= 11 is 0. The Labute approximate surface area is 107 Å². The van der Waals surface area contributed by atoms with E-state index in [0.717, 1.165) is 12.2 Å². The molecule has 2 aromatic heterocycles. The highest BCUT2D eigenvalue weighted by atomic mass is 16.1. The van der Waals surface area contributed by atoms with Gasteiger partial charge >= 0.3 is 0 Å². The Morgan fingerprint density at radius 1 is 1.22 bits per heavy atom. The Morgan fingerprint density at radius 2 is 1.94 bits per heavy atom. The zero-order valence-corrected chi connectivity index (χ0v) is 11.3. The molecule has 4 heteroatoms. The lowest BCUT2D eigenvalue weighted by Crippen LogP contribution is -2.15. The highest BCUT2D eigenvalue weighted by molar-refractivity contribution is 5.42. The van der Waals surface area contributed by atoms with Crippen molar-refractivity contribution >= 4 is 5.69 Å². The third kappa shape index (κ3) is 2.32. The minimum absolute atomic E-state index is 0.00675. The fourth-order valence-electron chi connectivity index (χ4n) is 2.01. The molecule has 0 radical (unpaired) electrons. The molecule has 4 nitrogen and oxygen atoms in total. The average molecular weight is 245 g/mol. The Bertz CT molecular complexity index is 622. The van der Waals surface area contributed by atoms with Crippen molar-refractivity contribution in [1.29, 1.82) is 0 Å². The van der Waals surface area contributed by atoms with Gasteiger partial charge in [-0.15, -0.1) is 0 Å². The van der Waals surface area contributed by atoms with Crippen LogP contribution in [0, 0.1) is 13.8 Å². The fourth-order valence-corrected chi connectivity index (χ4v) is 2.01. The smallest absolute Gasteiger partial charge is 0.250 e. The van der Waals surface area contributed by atoms with Crippen molar-refractivity contribution in [3.05, 3.63) is 51.7 Å². The number of hydrogen-bond acceptors (Lipinski definition) is 2. The third-order valence-electron chi connectivity index (χ3n) is 3.45. The summed E-state index contributed by atoms with van der Waals surface area (Å²) in [7, 11) is 3.83. The van der Waals surface area contributed by atoms with Crippen LogP contribution in [0.1, 0.15) is 17.0 Å². The van der Waals surface area contributed by atoms with Gasteiger partial charge in [-0.3, -0.25) is 4.79 Å². The summed E-state index contributed by atoms with van der Waals surface area (Å²) in [6.45, 7) is 4.99. The van der Waals surface area contributed by atoms with Crippen LogP contribution >= 0.6 is 0 Å². The van der Waals surface area contributed by atoms with Crippen molar-refractivity contribution in [2.45, 2.75) is 20.4 Å². The van der Waals surface area contributed by atoms with E-state index in [1.54, 1.807) is 17.7 Å². The Balaban J connectivity index is 2.13. The molecule has 96 valence electrons. The van der Waals surface area contributed by atoms with Crippen molar-refractivity contribution < 1.29 is 0 Å². The summed E-state index contributed by atoms with van der Waals surface area (Å²) in [5.74, 6) is 0. The Kier molecular flexibility index (Phi) is 3.28. The molecule has 2 aromatic rings. The van der Waals surface area contributed by atoms with Crippen molar-refractivity contribution in [2.75, 3.05) is 5.32 Å². The predicted octanol–water partition coefficient (Wildman–Crippen LogP) is 1.95. The molecule has 2 rings (SSSR count). The van der Waals surface area contributed by atoms with Gasteiger partial charge in [0.15, 0.2) is 0 Å². The summed E-state index contributed by atoms with van der Waals surface area (Å²) in [5, 5.41) is 3.34. The number of nitrogens with zero attached hydrogens (tertiary/aromatic N) is 2. The van der Waals surface area contributed by atoms with Crippen molar-refractivity contribution in [2.24, 2.45) is 14.1 Å². The second-order valence-electron chi connectivity index (χ2n) is 4.68. The first-order valence-electron chi connectivity index (χ1n) is 6.01. The molecule has 0 fully saturated rings. The summed E-state index contributed by atoms with van der Waals surface area (Å²) in [6, 6.07) is 5.57. The zero-order valence-electron chi connectivity index (χ0n) is 11.3. The molecule has 0 aliphatic carbocycles. The quantitative estimate of drug-likeness (QED) is 0.897. The number of pyridine rings is 1. The SMILES string of the molecule is Cc1cc(CNc2ccc(=O)n(C)c2)c(C)n1C. The fraction of sp³-hybridized carbons (Fsp3) is 0.357. The molecule has 0 spiro atoms. The molecule has 0 amide bonds. The van der Waals surface area contributed by atoms with Gasteiger partial charge in [-0.2, -0.15) is 0 Å². The number of anilines is 1. The van der Waals surface area contributed by atoms with E-state index in [-0.39, 0.29) is 5.56 Å². The monoisotopic (exact) mass is 245 g/mol. The van der Waals surface area contributed by atoms with Crippen molar-refractivity contribution in [1.82, 2.24) is 9.13 Å². The lowest BCUT2D eigenvalue weighted by Gasteiger charge is -2.08. The summed E-state index contributed by atoms with van der Waals surface area (Å²) < 4.78 is 3.75. The van der Waals surface area contributed by atoms with Crippen molar-refractivity contribution in [3.8, 4) is 0 Å².